The van der Waals surface area contributed by atoms with Crippen molar-refractivity contribution in [1.82, 2.24) is 5.32 Å². The summed E-state index contributed by atoms with van der Waals surface area (Å²) in [6.07, 6.45) is -0.738. The van der Waals surface area contributed by atoms with Gasteiger partial charge in [0.05, 0.1) is 18.8 Å². The lowest BCUT2D eigenvalue weighted by molar-refractivity contribution is -0.127. The van der Waals surface area contributed by atoms with E-state index in [1.807, 2.05) is 6.07 Å². The van der Waals surface area contributed by atoms with Crippen LogP contribution in [0.5, 0.6) is 0 Å². The van der Waals surface area contributed by atoms with Crippen molar-refractivity contribution in [2.24, 2.45) is 5.41 Å². The van der Waals surface area contributed by atoms with E-state index in [2.05, 4.69) is 10.1 Å². The van der Waals surface area contributed by atoms with Gasteiger partial charge in [0, 0.05) is 13.7 Å². The molecule has 2 N–H and O–H groups in total. The van der Waals surface area contributed by atoms with Crippen molar-refractivity contribution in [2.45, 2.75) is 20.0 Å². The SMILES string of the molecule is COCC(O)CNC(=O)C(C)(C)C#N. The third kappa shape index (κ3) is 4.21. The van der Waals surface area contributed by atoms with Gasteiger partial charge in [-0.3, -0.25) is 4.79 Å². The van der Waals surface area contributed by atoms with Crippen molar-refractivity contribution < 1.29 is 14.6 Å². The van der Waals surface area contributed by atoms with Crippen LogP contribution in [0.1, 0.15) is 13.8 Å². The molecule has 0 aliphatic rings. The molecule has 0 aliphatic heterocycles. The Labute approximate surface area is 83.7 Å². The second-order valence-electron chi connectivity index (χ2n) is 3.56. The van der Waals surface area contributed by atoms with Crippen LogP contribution < -0.4 is 5.32 Å². The molecule has 0 rings (SSSR count). The van der Waals surface area contributed by atoms with Gasteiger partial charge in [-0.05, 0) is 13.8 Å². The molecule has 5 nitrogen and oxygen atoms in total. The van der Waals surface area contributed by atoms with E-state index >= 15 is 0 Å². The Bertz CT molecular complexity index is 233. The van der Waals surface area contributed by atoms with Crippen LogP contribution in [-0.2, 0) is 9.53 Å². The molecule has 5 heteroatoms. The number of hydrogen-bond donors (Lipinski definition) is 2. The zero-order valence-corrected chi connectivity index (χ0v) is 8.70. The normalized spacial score (nSPS) is 13.1. The first-order valence-corrected chi connectivity index (χ1v) is 4.30. The van der Waals surface area contributed by atoms with Crippen LogP contribution in [0.4, 0.5) is 0 Å². The number of aliphatic hydroxyl groups is 1. The maximum absolute atomic E-state index is 11.3. The summed E-state index contributed by atoms with van der Waals surface area (Å²) in [5, 5.41) is 20.3. The molecule has 0 radical (unpaired) electrons. The Kier molecular flexibility index (Phi) is 5.13. The first kappa shape index (κ1) is 12.9. The highest BCUT2D eigenvalue weighted by Gasteiger charge is 2.27. The number of nitriles is 1. The van der Waals surface area contributed by atoms with E-state index in [-0.39, 0.29) is 13.2 Å². The predicted molar refractivity (Wildman–Crippen MR) is 50.3 cm³/mol. The van der Waals surface area contributed by atoms with E-state index in [9.17, 15) is 9.90 Å². The fourth-order valence-corrected chi connectivity index (χ4v) is 0.734. The zero-order chi connectivity index (χ0) is 11.2. The van der Waals surface area contributed by atoms with Gasteiger partial charge in [0.15, 0.2) is 0 Å². The number of nitrogens with zero attached hydrogens (tertiary/aromatic N) is 1. The van der Waals surface area contributed by atoms with Gasteiger partial charge < -0.3 is 15.2 Å². The average molecular weight is 200 g/mol. The molecule has 0 heterocycles. The minimum Gasteiger partial charge on any atom is -0.389 e. The number of methoxy groups -OCH3 is 1. The van der Waals surface area contributed by atoms with Crippen LogP contribution in [0, 0.1) is 16.7 Å². The Hall–Kier alpha value is -1.12. The molecule has 0 aromatic carbocycles. The van der Waals surface area contributed by atoms with Gasteiger partial charge in [0.25, 0.3) is 0 Å². The van der Waals surface area contributed by atoms with Crippen molar-refractivity contribution in [1.29, 1.82) is 5.26 Å². The van der Waals surface area contributed by atoms with Gasteiger partial charge in [-0.1, -0.05) is 0 Å². The Morgan fingerprint density at radius 2 is 2.29 bits per heavy atom. The van der Waals surface area contributed by atoms with Gasteiger partial charge in [0.1, 0.15) is 5.41 Å². The maximum Gasteiger partial charge on any atom is 0.239 e. The molecule has 0 bridgehead atoms. The Morgan fingerprint density at radius 1 is 1.71 bits per heavy atom. The summed E-state index contributed by atoms with van der Waals surface area (Å²) >= 11 is 0. The smallest absolute Gasteiger partial charge is 0.239 e. The maximum atomic E-state index is 11.3. The van der Waals surface area contributed by atoms with Gasteiger partial charge in [-0.15, -0.1) is 0 Å². The second kappa shape index (κ2) is 5.58. The molecular formula is C9H16N2O3. The summed E-state index contributed by atoms with van der Waals surface area (Å²) in [5.41, 5.74) is -1.06. The summed E-state index contributed by atoms with van der Waals surface area (Å²) in [7, 11) is 1.46. The molecule has 1 amide bonds. The number of nitrogens with one attached hydrogen (secondary N) is 1. The summed E-state index contributed by atoms with van der Waals surface area (Å²) < 4.78 is 4.68. The lowest BCUT2D eigenvalue weighted by atomic mass is 9.95. The summed E-state index contributed by atoms with van der Waals surface area (Å²) in [4.78, 5) is 11.3. The second-order valence-corrected chi connectivity index (χ2v) is 3.56. The molecule has 80 valence electrons. The van der Waals surface area contributed by atoms with Crippen molar-refractivity contribution in [3.05, 3.63) is 0 Å². The van der Waals surface area contributed by atoms with Gasteiger partial charge >= 0.3 is 0 Å². The fourth-order valence-electron chi connectivity index (χ4n) is 0.734. The molecule has 1 atom stereocenters. The molecule has 14 heavy (non-hydrogen) atoms. The summed E-state index contributed by atoms with van der Waals surface area (Å²) in [5.74, 6) is -0.393. The zero-order valence-electron chi connectivity index (χ0n) is 8.70. The third-order valence-corrected chi connectivity index (χ3v) is 1.70. The minimum atomic E-state index is -1.06. The van der Waals surface area contributed by atoms with Crippen LogP contribution in [0.3, 0.4) is 0 Å². The molecule has 0 aromatic rings. The van der Waals surface area contributed by atoms with Gasteiger partial charge in [-0.2, -0.15) is 5.26 Å². The van der Waals surface area contributed by atoms with E-state index in [4.69, 9.17) is 5.26 Å². The first-order chi connectivity index (χ1) is 6.44. The largest absolute Gasteiger partial charge is 0.389 e. The van der Waals surface area contributed by atoms with Crippen LogP contribution in [0.15, 0.2) is 0 Å². The standard InChI is InChI=1S/C9H16N2O3/c1-9(2,6-10)8(13)11-4-7(12)5-14-3/h7,12H,4-5H2,1-3H3,(H,11,13). The molecular weight excluding hydrogens is 184 g/mol. The van der Waals surface area contributed by atoms with E-state index in [1.54, 1.807) is 0 Å². The highest BCUT2D eigenvalue weighted by atomic mass is 16.5. The van der Waals surface area contributed by atoms with Crippen molar-refractivity contribution in [2.75, 3.05) is 20.3 Å². The lowest BCUT2D eigenvalue weighted by Crippen LogP contribution is -2.41. The number of rotatable bonds is 5. The lowest BCUT2D eigenvalue weighted by Gasteiger charge is -2.16. The number of ether oxygens (including phenoxy) is 1. The molecule has 1 unspecified atom stereocenters. The van der Waals surface area contributed by atoms with Crippen LogP contribution in [0.25, 0.3) is 0 Å². The molecule has 0 aromatic heterocycles. The monoisotopic (exact) mass is 200 g/mol. The Morgan fingerprint density at radius 3 is 2.71 bits per heavy atom. The molecule has 0 aliphatic carbocycles. The van der Waals surface area contributed by atoms with Crippen molar-refractivity contribution >= 4 is 5.91 Å². The highest BCUT2D eigenvalue weighted by Crippen LogP contribution is 2.12. The van der Waals surface area contributed by atoms with E-state index in [1.165, 1.54) is 21.0 Å². The fraction of sp³-hybridized carbons (Fsp3) is 0.778. The van der Waals surface area contributed by atoms with E-state index < -0.39 is 17.4 Å². The highest BCUT2D eigenvalue weighted by molar-refractivity contribution is 5.84. The quantitative estimate of drug-likeness (QED) is 0.636. The number of aliphatic hydroxyl groups excluding tert-OH is 1. The topological polar surface area (TPSA) is 82.3 Å². The molecule has 0 spiro atoms. The van der Waals surface area contributed by atoms with E-state index in [0.29, 0.717) is 0 Å². The van der Waals surface area contributed by atoms with Gasteiger partial charge in [-0.25, -0.2) is 0 Å². The van der Waals surface area contributed by atoms with Crippen LogP contribution >= 0.6 is 0 Å². The van der Waals surface area contributed by atoms with Crippen LogP contribution in [-0.4, -0.2) is 37.4 Å². The van der Waals surface area contributed by atoms with Crippen molar-refractivity contribution in [3.63, 3.8) is 0 Å². The number of carbonyl (C=O) groups is 1. The van der Waals surface area contributed by atoms with E-state index in [0.717, 1.165) is 0 Å². The number of hydrogen-bond acceptors (Lipinski definition) is 4. The van der Waals surface area contributed by atoms with Crippen molar-refractivity contribution in [3.8, 4) is 6.07 Å². The number of carbonyl (C=O) groups excluding carboxylic acids is 1. The average Bonchev–Trinajstić information content (AvgIpc) is 2.14. The molecule has 0 saturated carbocycles. The summed E-state index contributed by atoms with van der Waals surface area (Å²) in [6.45, 7) is 3.29. The minimum absolute atomic E-state index is 0.0950. The Balaban J connectivity index is 3.92. The van der Waals surface area contributed by atoms with Crippen LogP contribution in [0.2, 0.25) is 0 Å². The molecule has 0 fully saturated rings. The third-order valence-electron chi connectivity index (χ3n) is 1.70. The molecule has 0 saturated heterocycles. The predicted octanol–water partition coefficient (Wildman–Crippen LogP) is -0.340. The summed E-state index contributed by atoms with van der Waals surface area (Å²) in [6, 6.07) is 1.87. The first-order valence-electron chi connectivity index (χ1n) is 4.30. The number of amides is 1. The van der Waals surface area contributed by atoms with Gasteiger partial charge in [0.2, 0.25) is 5.91 Å².